The fraction of sp³-hybridized carbons (Fsp3) is 0.333. The summed E-state index contributed by atoms with van der Waals surface area (Å²) in [6.45, 7) is 0. The highest BCUT2D eigenvalue weighted by atomic mass is 31.2. The normalized spacial score (nSPS) is 36.6. The predicted molar refractivity (Wildman–Crippen MR) is 63.9 cm³/mol. The average Bonchev–Trinajstić information content (AvgIpc) is 2.29. The maximum Gasteiger partial charge on any atom is 0.297 e. The first-order chi connectivity index (χ1) is 7.68. The van der Waals surface area contributed by atoms with Crippen LogP contribution in [0.15, 0.2) is 36.4 Å². The molecule has 3 unspecified atom stereocenters. The minimum atomic E-state index is -3.10. The van der Waals surface area contributed by atoms with Gasteiger partial charge in [0.1, 0.15) is 0 Å². The second-order valence-corrected chi connectivity index (χ2v) is 6.22. The number of fused-ring (bicyclic) bond motifs is 3. The largest absolute Gasteiger partial charge is 0.310 e. The Morgan fingerprint density at radius 3 is 3.06 bits per heavy atom. The number of hydrogen-bond donors (Lipinski definition) is 1. The fourth-order valence-corrected chi connectivity index (χ4v) is 4.17. The Bertz CT molecular complexity index is 498. The lowest BCUT2D eigenvalue weighted by molar-refractivity contribution is 0.172. The molecule has 1 aromatic carbocycles. The second-order valence-electron chi connectivity index (χ2n) is 4.33. The van der Waals surface area contributed by atoms with Gasteiger partial charge >= 0.3 is 0 Å². The summed E-state index contributed by atoms with van der Waals surface area (Å²) in [4.78, 5) is 0. The summed E-state index contributed by atoms with van der Waals surface area (Å²) >= 11 is 0. The third kappa shape index (κ3) is 1.47. The van der Waals surface area contributed by atoms with E-state index in [1.807, 2.05) is 24.3 Å². The molecule has 1 aliphatic carbocycles. The quantitative estimate of drug-likeness (QED) is 0.554. The summed E-state index contributed by atoms with van der Waals surface area (Å²) < 4.78 is 17.8. The first kappa shape index (κ1) is 10.3. The van der Waals surface area contributed by atoms with E-state index in [1.54, 1.807) is 0 Å². The van der Waals surface area contributed by atoms with Gasteiger partial charge in [0.2, 0.25) is 0 Å². The van der Waals surface area contributed by atoms with Crippen molar-refractivity contribution >= 4 is 12.8 Å². The van der Waals surface area contributed by atoms with Crippen LogP contribution in [0.3, 0.4) is 0 Å². The number of allylic oxidation sites excluding steroid dienone is 1. The summed E-state index contributed by atoms with van der Waals surface area (Å²) in [6.07, 6.45) is 6.16. The summed E-state index contributed by atoms with van der Waals surface area (Å²) in [7, 11) is -3.10. The highest BCUT2D eigenvalue weighted by Crippen LogP contribution is 2.50. The van der Waals surface area contributed by atoms with E-state index in [4.69, 9.17) is 10.0 Å². The second kappa shape index (κ2) is 3.56. The van der Waals surface area contributed by atoms with Crippen molar-refractivity contribution in [2.45, 2.75) is 24.9 Å². The molecule has 0 aromatic heterocycles. The summed E-state index contributed by atoms with van der Waals surface area (Å²) in [5, 5.41) is 0.683. The van der Waals surface area contributed by atoms with E-state index >= 15 is 0 Å². The van der Waals surface area contributed by atoms with Crippen molar-refractivity contribution < 1.29 is 9.09 Å². The fourth-order valence-electron chi connectivity index (χ4n) is 2.54. The topological polar surface area (TPSA) is 52.3 Å². The molecule has 0 saturated carbocycles. The molecule has 0 amide bonds. The third-order valence-electron chi connectivity index (χ3n) is 3.29. The first-order valence-electron chi connectivity index (χ1n) is 5.52. The number of rotatable bonds is 0. The Kier molecular flexibility index (Phi) is 2.28. The summed E-state index contributed by atoms with van der Waals surface area (Å²) in [6, 6.07) is 7.64. The van der Waals surface area contributed by atoms with Crippen molar-refractivity contribution in [3.05, 3.63) is 42.0 Å². The van der Waals surface area contributed by atoms with Gasteiger partial charge in [0.15, 0.2) is 0 Å². The van der Waals surface area contributed by atoms with E-state index in [-0.39, 0.29) is 12.0 Å². The van der Waals surface area contributed by atoms with E-state index in [0.29, 0.717) is 5.30 Å². The van der Waals surface area contributed by atoms with Gasteiger partial charge in [-0.1, -0.05) is 30.4 Å². The van der Waals surface area contributed by atoms with Crippen molar-refractivity contribution in [1.82, 2.24) is 0 Å². The van der Waals surface area contributed by atoms with Crippen molar-refractivity contribution in [3.8, 4) is 0 Å². The van der Waals surface area contributed by atoms with Gasteiger partial charge in [-0.2, -0.15) is 0 Å². The van der Waals surface area contributed by atoms with Gasteiger partial charge in [-0.3, -0.25) is 10.1 Å². The summed E-state index contributed by atoms with van der Waals surface area (Å²) in [5.41, 5.74) is 6.88. The molecule has 3 atom stereocenters. The molecule has 0 bridgehead atoms. The van der Waals surface area contributed by atoms with Crippen LogP contribution in [0.5, 0.6) is 0 Å². The number of nitrogens with two attached hydrogens (primary N) is 1. The van der Waals surface area contributed by atoms with E-state index < -0.39 is 7.52 Å². The molecule has 3 rings (SSSR count). The highest BCUT2D eigenvalue weighted by molar-refractivity contribution is 7.64. The molecule has 2 aliphatic rings. The molecule has 0 radical (unpaired) electrons. The van der Waals surface area contributed by atoms with Crippen LogP contribution in [-0.2, 0) is 9.09 Å². The maximum absolute atomic E-state index is 12.2. The molecule has 0 fully saturated rings. The van der Waals surface area contributed by atoms with E-state index in [0.717, 1.165) is 18.4 Å². The smallest absolute Gasteiger partial charge is 0.297 e. The monoisotopic (exact) mass is 235 g/mol. The molecular weight excluding hydrogens is 221 g/mol. The molecule has 3 nitrogen and oxygen atoms in total. The van der Waals surface area contributed by atoms with Crippen molar-refractivity contribution in [1.29, 1.82) is 0 Å². The van der Waals surface area contributed by atoms with Crippen LogP contribution >= 0.6 is 7.52 Å². The van der Waals surface area contributed by atoms with Gasteiger partial charge in [0, 0.05) is 5.92 Å². The van der Waals surface area contributed by atoms with Crippen LogP contribution in [0.2, 0.25) is 0 Å². The highest BCUT2D eigenvalue weighted by Gasteiger charge is 2.39. The van der Waals surface area contributed by atoms with Crippen LogP contribution in [0.4, 0.5) is 0 Å². The van der Waals surface area contributed by atoms with Crippen LogP contribution < -0.4 is 10.8 Å². The Balaban J connectivity index is 2.19. The van der Waals surface area contributed by atoms with Gasteiger partial charge < -0.3 is 4.52 Å². The minimum absolute atomic E-state index is 0.0178. The van der Waals surface area contributed by atoms with Crippen LogP contribution in [0, 0.1) is 0 Å². The van der Waals surface area contributed by atoms with Gasteiger partial charge in [0.25, 0.3) is 7.52 Å². The lowest BCUT2D eigenvalue weighted by atomic mass is 9.86. The zero-order valence-corrected chi connectivity index (χ0v) is 9.77. The van der Waals surface area contributed by atoms with E-state index in [9.17, 15) is 4.57 Å². The minimum Gasteiger partial charge on any atom is -0.310 e. The van der Waals surface area contributed by atoms with E-state index in [1.165, 1.54) is 0 Å². The molecule has 1 aliphatic heterocycles. The summed E-state index contributed by atoms with van der Waals surface area (Å²) in [5.74, 6) is 0.218. The third-order valence-corrected chi connectivity index (χ3v) is 4.95. The Morgan fingerprint density at radius 1 is 1.38 bits per heavy atom. The lowest BCUT2D eigenvalue weighted by Gasteiger charge is -2.36. The Morgan fingerprint density at radius 2 is 2.19 bits per heavy atom. The van der Waals surface area contributed by atoms with Crippen molar-refractivity contribution in [2.24, 2.45) is 5.50 Å². The van der Waals surface area contributed by atoms with Crippen LogP contribution in [0.1, 0.15) is 24.3 Å². The maximum atomic E-state index is 12.2. The molecule has 1 heterocycles. The molecule has 2 N–H and O–H groups in total. The van der Waals surface area contributed by atoms with Crippen molar-refractivity contribution in [3.63, 3.8) is 0 Å². The average molecular weight is 235 g/mol. The molecular formula is C12H14NO2P. The van der Waals surface area contributed by atoms with E-state index in [2.05, 4.69) is 12.2 Å². The molecule has 4 heteroatoms. The molecule has 16 heavy (non-hydrogen) atoms. The molecule has 0 saturated heterocycles. The van der Waals surface area contributed by atoms with Gasteiger partial charge in [0.05, 0.1) is 11.4 Å². The number of benzene rings is 1. The van der Waals surface area contributed by atoms with Gasteiger partial charge in [-0.05, 0) is 24.5 Å². The van der Waals surface area contributed by atoms with Crippen LogP contribution in [-0.4, -0.2) is 6.10 Å². The van der Waals surface area contributed by atoms with Gasteiger partial charge in [-0.15, -0.1) is 0 Å². The Hall–Kier alpha value is -0.890. The molecule has 1 aromatic rings. The molecule has 84 valence electrons. The molecule has 0 spiro atoms. The predicted octanol–water partition coefficient (Wildman–Crippen LogP) is 2.30. The Labute approximate surface area is 94.8 Å². The van der Waals surface area contributed by atoms with Crippen LogP contribution in [0.25, 0.3) is 0 Å². The van der Waals surface area contributed by atoms with Gasteiger partial charge in [-0.25, -0.2) is 0 Å². The SMILES string of the molecule is NP1(=O)OC2CCC=CC2c2ccccc21. The first-order valence-corrected chi connectivity index (χ1v) is 7.21. The van der Waals surface area contributed by atoms with Crippen molar-refractivity contribution in [2.75, 3.05) is 0 Å². The number of hydrogen-bond acceptors (Lipinski definition) is 2. The zero-order chi connectivity index (χ0) is 11.2. The standard InChI is InChI=1S/C12H14NO2P/c13-16(14)12-8-4-2-6-10(12)9-5-1-3-7-11(9)15-16/h1-2,4-6,8-9,11H,3,7H2,(H2,13,14). The lowest BCUT2D eigenvalue weighted by Crippen LogP contribution is -2.35. The zero-order valence-electron chi connectivity index (χ0n) is 8.87.